The van der Waals surface area contributed by atoms with E-state index in [2.05, 4.69) is 49.2 Å². The van der Waals surface area contributed by atoms with E-state index in [4.69, 9.17) is 4.74 Å². The van der Waals surface area contributed by atoms with Crippen molar-refractivity contribution in [2.45, 2.75) is 45.8 Å². The first-order chi connectivity index (χ1) is 8.86. The molecule has 0 fully saturated rings. The Morgan fingerprint density at radius 3 is 2.58 bits per heavy atom. The van der Waals surface area contributed by atoms with Gasteiger partial charge < -0.3 is 10.1 Å². The molecule has 0 bridgehead atoms. The van der Waals surface area contributed by atoms with Crippen LogP contribution in [0, 0.1) is 0 Å². The first kappa shape index (κ1) is 16.2. The minimum Gasteiger partial charge on any atom is -0.378 e. The Hall–Kier alpha value is -0.810. The zero-order chi connectivity index (χ0) is 14.5. The summed E-state index contributed by atoms with van der Waals surface area (Å²) < 4.78 is 5.18. The number of nitrogens with zero attached hydrogens (tertiary/aromatic N) is 2. The third-order valence-corrected chi connectivity index (χ3v) is 3.39. The van der Waals surface area contributed by atoms with Crippen molar-refractivity contribution in [2.75, 3.05) is 24.4 Å². The maximum Gasteiger partial charge on any atom is 0.136 e. The van der Waals surface area contributed by atoms with E-state index in [-0.39, 0.29) is 5.41 Å². The molecule has 0 radical (unpaired) electrons. The average Bonchev–Trinajstić information content (AvgIpc) is 2.28. The third-order valence-electron chi connectivity index (χ3n) is 2.55. The molecule has 1 atom stereocenters. The molecule has 108 valence electrons. The summed E-state index contributed by atoms with van der Waals surface area (Å²) in [6.07, 6.45) is 2.11. The normalized spacial score (nSPS) is 13.4. The molecule has 0 aliphatic carbocycles. The summed E-state index contributed by atoms with van der Waals surface area (Å²) in [4.78, 5) is 9.19. The molecule has 0 aliphatic heterocycles. The minimum absolute atomic E-state index is 0.0665. The fourth-order valence-corrected chi connectivity index (χ4v) is 2.26. The Balaban J connectivity index is 2.99. The summed E-state index contributed by atoms with van der Waals surface area (Å²) in [5, 5.41) is 3.43. The Morgan fingerprint density at radius 1 is 1.37 bits per heavy atom. The van der Waals surface area contributed by atoms with E-state index in [0.717, 1.165) is 23.1 Å². The quantitative estimate of drug-likeness (QED) is 0.869. The van der Waals surface area contributed by atoms with Crippen LogP contribution in [0.4, 0.5) is 5.82 Å². The van der Waals surface area contributed by atoms with Gasteiger partial charge in [-0.05, 0) is 13.2 Å². The fourth-order valence-electron chi connectivity index (χ4n) is 1.67. The van der Waals surface area contributed by atoms with Gasteiger partial charge >= 0.3 is 0 Å². The molecule has 1 aromatic heterocycles. The Bertz CT molecular complexity index is 404. The maximum absolute atomic E-state index is 5.18. The summed E-state index contributed by atoms with van der Waals surface area (Å²) in [5.41, 5.74) is 0.851. The average molecular weight is 283 g/mol. The zero-order valence-electron chi connectivity index (χ0n) is 12.8. The van der Waals surface area contributed by atoms with Crippen molar-refractivity contribution < 1.29 is 4.74 Å². The molecular formula is C14H25N3OS. The Kier molecular flexibility index (Phi) is 6.07. The third kappa shape index (κ3) is 5.37. The number of hydrogen-bond acceptors (Lipinski definition) is 5. The molecule has 0 saturated heterocycles. The van der Waals surface area contributed by atoms with E-state index in [0.29, 0.717) is 12.6 Å². The van der Waals surface area contributed by atoms with Gasteiger partial charge in [-0.1, -0.05) is 20.8 Å². The van der Waals surface area contributed by atoms with Crippen LogP contribution in [0.3, 0.4) is 0 Å². The van der Waals surface area contributed by atoms with Crippen LogP contribution in [-0.4, -0.2) is 35.1 Å². The number of anilines is 1. The minimum atomic E-state index is -0.0665. The van der Waals surface area contributed by atoms with Crippen LogP contribution in [0.2, 0.25) is 0 Å². The summed E-state index contributed by atoms with van der Waals surface area (Å²) in [6.45, 7) is 9.03. The number of ether oxygens (including phenoxy) is 1. The molecule has 0 aromatic carbocycles. The van der Waals surface area contributed by atoms with Crippen molar-refractivity contribution in [3.63, 3.8) is 0 Å². The molecule has 0 spiro atoms. The highest BCUT2D eigenvalue weighted by atomic mass is 32.2. The molecule has 1 N–H and O–H groups in total. The van der Waals surface area contributed by atoms with Gasteiger partial charge in [-0.2, -0.15) is 11.8 Å². The number of methoxy groups -OCH3 is 1. The van der Waals surface area contributed by atoms with Gasteiger partial charge in [0.1, 0.15) is 11.6 Å². The van der Waals surface area contributed by atoms with Crippen LogP contribution in [0.5, 0.6) is 0 Å². The van der Waals surface area contributed by atoms with Crippen LogP contribution in [0.25, 0.3) is 0 Å². The molecule has 1 rings (SSSR count). The number of thioether (sulfide) groups is 1. The Labute approximate surface area is 120 Å². The Morgan fingerprint density at radius 2 is 2.05 bits per heavy atom. The van der Waals surface area contributed by atoms with Gasteiger partial charge in [0.05, 0.1) is 12.3 Å². The lowest BCUT2D eigenvalue weighted by atomic mass is 9.95. The topological polar surface area (TPSA) is 47.0 Å². The lowest BCUT2D eigenvalue weighted by Crippen LogP contribution is -2.22. The standard InChI is InChI=1S/C14H25N3OS/c1-10(9-19-6)15-12-7-11(8-18-5)16-13(17-12)14(2,3)4/h7,10H,8-9H2,1-6H3,(H,15,16,17). The van der Waals surface area contributed by atoms with E-state index in [1.165, 1.54) is 0 Å². The molecule has 1 unspecified atom stereocenters. The van der Waals surface area contributed by atoms with Gasteiger partial charge in [-0.25, -0.2) is 9.97 Å². The van der Waals surface area contributed by atoms with Crippen molar-refractivity contribution >= 4 is 17.6 Å². The maximum atomic E-state index is 5.18. The highest BCUT2D eigenvalue weighted by Gasteiger charge is 2.19. The molecular weight excluding hydrogens is 258 g/mol. The predicted molar refractivity (Wildman–Crippen MR) is 82.9 cm³/mol. The number of rotatable bonds is 6. The second kappa shape index (κ2) is 7.10. The van der Waals surface area contributed by atoms with E-state index < -0.39 is 0 Å². The molecule has 4 nitrogen and oxygen atoms in total. The van der Waals surface area contributed by atoms with Crippen molar-refractivity contribution in [1.82, 2.24) is 9.97 Å². The van der Waals surface area contributed by atoms with Gasteiger partial charge in [0.25, 0.3) is 0 Å². The lowest BCUT2D eigenvalue weighted by Gasteiger charge is -2.20. The van der Waals surface area contributed by atoms with Gasteiger partial charge in [0.2, 0.25) is 0 Å². The van der Waals surface area contributed by atoms with E-state index in [1.54, 1.807) is 7.11 Å². The molecule has 5 heteroatoms. The highest BCUT2D eigenvalue weighted by Crippen LogP contribution is 2.21. The van der Waals surface area contributed by atoms with Gasteiger partial charge in [-0.3, -0.25) is 0 Å². The van der Waals surface area contributed by atoms with Gasteiger partial charge in [-0.15, -0.1) is 0 Å². The monoisotopic (exact) mass is 283 g/mol. The van der Waals surface area contributed by atoms with E-state index in [9.17, 15) is 0 Å². The van der Waals surface area contributed by atoms with Crippen molar-refractivity contribution in [1.29, 1.82) is 0 Å². The molecule has 0 saturated carbocycles. The highest BCUT2D eigenvalue weighted by molar-refractivity contribution is 7.98. The largest absolute Gasteiger partial charge is 0.378 e. The second-order valence-electron chi connectivity index (χ2n) is 5.75. The van der Waals surface area contributed by atoms with Crippen LogP contribution in [-0.2, 0) is 16.8 Å². The lowest BCUT2D eigenvalue weighted by molar-refractivity contribution is 0.181. The molecule has 1 aromatic rings. The second-order valence-corrected chi connectivity index (χ2v) is 6.66. The van der Waals surface area contributed by atoms with E-state index >= 15 is 0 Å². The smallest absolute Gasteiger partial charge is 0.136 e. The molecule has 1 heterocycles. The zero-order valence-corrected chi connectivity index (χ0v) is 13.6. The SMILES string of the molecule is COCc1cc(NC(C)CSC)nc(C(C)(C)C)n1. The summed E-state index contributed by atoms with van der Waals surface area (Å²) in [7, 11) is 1.68. The number of aromatic nitrogens is 2. The first-order valence-electron chi connectivity index (χ1n) is 6.49. The first-order valence-corrected chi connectivity index (χ1v) is 7.89. The van der Waals surface area contributed by atoms with Crippen molar-refractivity contribution in [2.24, 2.45) is 0 Å². The van der Waals surface area contributed by atoms with Crippen molar-refractivity contribution in [3.05, 3.63) is 17.6 Å². The van der Waals surface area contributed by atoms with Crippen LogP contribution in [0.1, 0.15) is 39.2 Å². The number of nitrogens with one attached hydrogen (secondary N) is 1. The summed E-state index contributed by atoms with van der Waals surface area (Å²) >= 11 is 1.82. The van der Waals surface area contributed by atoms with Gasteiger partial charge in [0.15, 0.2) is 0 Å². The van der Waals surface area contributed by atoms with E-state index in [1.807, 2.05) is 17.8 Å². The van der Waals surface area contributed by atoms with Crippen LogP contribution < -0.4 is 5.32 Å². The number of hydrogen-bond donors (Lipinski definition) is 1. The molecule has 0 amide bonds. The summed E-state index contributed by atoms with van der Waals surface area (Å²) in [6, 6.07) is 2.35. The molecule has 0 aliphatic rings. The fraction of sp³-hybridized carbons (Fsp3) is 0.714. The van der Waals surface area contributed by atoms with Crippen molar-refractivity contribution in [3.8, 4) is 0 Å². The van der Waals surface area contributed by atoms with Crippen LogP contribution in [0.15, 0.2) is 6.07 Å². The molecule has 19 heavy (non-hydrogen) atoms. The predicted octanol–water partition coefficient (Wildman–Crippen LogP) is 3.08. The van der Waals surface area contributed by atoms with Gasteiger partial charge in [0, 0.05) is 30.4 Å². The summed E-state index contributed by atoms with van der Waals surface area (Å²) in [5.74, 6) is 2.78. The van der Waals surface area contributed by atoms with Crippen LogP contribution >= 0.6 is 11.8 Å².